The van der Waals surface area contributed by atoms with Crippen molar-refractivity contribution in [1.29, 1.82) is 0 Å². The first-order valence-electron chi connectivity index (χ1n) is 8.26. The molecular weight excluding hydrogens is 324 g/mol. The Morgan fingerprint density at radius 2 is 1.77 bits per heavy atom. The van der Waals surface area contributed by atoms with E-state index in [4.69, 9.17) is 5.73 Å². The zero-order chi connectivity index (χ0) is 18.1. The van der Waals surface area contributed by atoms with Gasteiger partial charge in [-0.05, 0) is 30.7 Å². The van der Waals surface area contributed by atoms with Crippen LogP contribution in [0.5, 0.6) is 0 Å². The molecular formula is C20H18N6. The highest BCUT2D eigenvalue weighted by molar-refractivity contribution is 5.96. The predicted molar refractivity (Wildman–Crippen MR) is 104 cm³/mol. The minimum Gasteiger partial charge on any atom is -0.382 e. The summed E-state index contributed by atoms with van der Waals surface area (Å²) in [6.07, 6.45) is 5.56. The number of aromatic nitrogens is 3. The van der Waals surface area contributed by atoms with Crippen molar-refractivity contribution < 1.29 is 0 Å². The van der Waals surface area contributed by atoms with E-state index >= 15 is 0 Å². The molecule has 0 aliphatic carbocycles. The maximum absolute atomic E-state index is 6.03. The summed E-state index contributed by atoms with van der Waals surface area (Å²) in [6, 6.07) is 13.9. The SMILES string of the molecule is Cc1ccc2cnc(N)c(/N=N/c3ccc(-c4cnn(C)c4)cc3)c2c1. The molecule has 0 aliphatic rings. The number of benzene rings is 2. The lowest BCUT2D eigenvalue weighted by molar-refractivity contribution is 0.768. The number of azo groups is 1. The van der Waals surface area contributed by atoms with Crippen molar-refractivity contribution in [3.63, 3.8) is 0 Å². The smallest absolute Gasteiger partial charge is 0.151 e. The van der Waals surface area contributed by atoms with Crippen molar-refractivity contribution in [2.45, 2.75) is 6.92 Å². The third-order valence-corrected chi connectivity index (χ3v) is 4.22. The van der Waals surface area contributed by atoms with E-state index in [2.05, 4.69) is 20.3 Å². The first-order chi connectivity index (χ1) is 12.6. The third-order valence-electron chi connectivity index (χ3n) is 4.22. The molecule has 0 radical (unpaired) electrons. The van der Waals surface area contributed by atoms with Gasteiger partial charge in [0.05, 0.1) is 11.9 Å². The summed E-state index contributed by atoms with van der Waals surface area (Å²) in [5.41, 5.74) is 10.7. The van der Waals surface area contributed by atoms with E-state index in [9.17, 15) is 0 Å². The molecule has 0 saturated carbocycles. The van der Waals surface area contributed by atoms with Crippen molar-refractivity contribution in [2.24, 2.45) is 17.3 Å². The van der Waals surface area contributed by atoms with Gasteiger partial charge in [-0.1, -0.05) is 29.8 Å². The van der Waals surface area contributed by atoms with Gasteiger partial charge in [-0.3, -0.25) is 4.68 Å². The number of nitrogens with two attached hydrogens (primary N) is 1. The molecule has 6 heteroatoms. The highest BCUT2D eigenvalue weighted by Gasteiger charge is 2.07. The van der Waals surface area contributed by atoms with Crippen LogP contribution in [0.25, 0.3) is 21.9 Å². The molecule has 2 N–H and O–H groups in total. The highest BCUT2D eigenvalue weighted by atomic mass is 15.2. The van der Waals surface area contributed by atoms with E-state index in [0.717, 1.165) is 33.2 Å². The van der Waals surface area contributed by atoms with E-state index in [-0.39, 0.29) is 0 Å². The lowest BCUT2D eigenvalue weighted by atomic mass is 10.1. The normalized spacial score (nSPS) is 11.5. The zero-order valence-electron chi connectivity index (χ0n) is 14.6. The number of rotatable bonds is 3. The molecule has 0 aliphatic heterocycles. The Kier molecular flexibility index (Phi) is 3.93. The molecule has 2 aromatic heterocycles. The quantitative estimate of drug-likeness (QED) is 0.535. The van der Waals surface area contributed by atoms with Gasteiger partial charge in [0.2, 0.25) is 0 Å². The number of pyridine rings is 1. The monoisotopic (exact) mass is 342 g/mol. The van der Waals surface area contributed by atoms with Crippen LogP contribution in [-0.4, -0.2) is 14.8 Å². The van der Waals surface area contributed by atoms with Gasteiger partial charge in [-0.15, -0.1) is 5.11 Å². The number of anilines is 1. The van der Waals surface area contributed by atoms with Crippen LogP contribution in [0.1, 0.15) is 5.56 Å². The van der Waals surface area contributed by atoms with Crippen LogP contribution in [0.4, 0.5) is 17.2 Å². The molecule has 0 spiro atoms. The minimum absolute atomic E-state index is 0.374. The Morgan fingerprint density at radius 1 is 0.962 bits per heavy atom. The van der Waals surface area contributed by atoms with Gasteiger partial charge in [-0.2, -0.15) is 10.2 Å². The summed E-state index contributed by atoms with van der Waals surface area (Å²) in [6.45, 7) is 2.04. The Hall–Kier alpha value is -3.54. The van der Waals surface area contributed by atoms with Crippen LogP contribution in [-0.2, 0) is 7.05 Å². The second kappa shape index (κ2) is 6.40. The molecule has 0 atom stereocenters. The number of nitrogen functional groups attached to an aromatic ring is 1. The number of hydrogen-bond donors (Lipinski definition) is 1. The molecule has 4 rings (SSSR count). The second-order valence-corrected chi connectivity index (χ2v) is 6.23. The van der Waals surface area contributed by atoms with Crippen LogP contribution in [0.3, 0.4) is 0 Å². The predicted octanol–water partition coefficient (Wildman–Crippen LogP) is 4.94. The Labute approximate surface area is 151 Å². The number of aryl methyl sites for hydroxylation is 2. The summed E-state index contributed by atoms with van der Waals surface area (Å²) in [5, 5.41) is 14.8. The molecule has 2 aromatic carbocycles. The summed E-state index contributed by atoms with van der Waals surface area (Å²) in [5.74, 6) is 0.374. The van der Waals surface area contributed by atoms with Crippen molar-refractivity contribution in [2.75, 3.05) is 5.73 Å². The van der Waals surface area contributed by atoms with Crippen LogP contribution >= 0.6 is 0 Å². The van der Waals surface area contributed by atoms with Crippen LogP contribution in [0.15, 0.2) is 71.3 Å². The second-order valence-electron chi connectivity index (χ2n) is 6.23. The molecule has 0 amide bonds. The van der Waals surface area contributed by atoms with Crippen LogP contribution < -0.4 is 5.73 Å². The first kappa shape index (κ1) is 16.0. The zero-order valence-corrected chi connectivity index (χ0v) is 14.6. The minimum atomic E-state index is 0.374. The third kappa shape index (κ3) is 3.04. The van der Waals surface area contributed by atoms with E-state index < -0.39 is 0 Å². The summed E-state index contributed by atoms with van der Waals surface area (Å²) in [4.78, 5) is 4.22. The average molecular weight is 342 g/mol. The van der Waals surface area contributed by atoms with Crippen molar-refractivity contribution >= 4 is 28.0 Å². The molecule has 0 unspecified atom stereocenters. The fraction of sp³-hybridized carbons (Fsp3) is 0.100. The van der Waals surface area contributed by atoms with Gasteiger partial charge in [-0.25, -0.2) is 4.98 Å². The van der Waals surface area contributed by atoms with Gasteiger partial charge >= 0.3 is 0 Å². The number of hydrogen-bond acceptors (Lipinski definition) is 5. The molecule has 4 aromatic rings. The van der Waals surface area contributed by atoms with Gasteiger partial charge in [0.25, 0.3) is 0 Å². The molecule has 0 fully saturated rings. The van der Waals surface area contributed by atoms with Gasteiger partial charge in [0.15, 0.2) is 5.82 Å². The summed E-state index contributed by atoms with van der Waals surface area (Å²) < 4.78 is 1.78. The van der Waals surface area contributed by atoms with Crippen molar-refractivity contribution in [1.82, 2.24) is 14.8 Å². The van der Waals surface area contributed by atoms with E-state index in [1.165, 1.54) is 0 Å². The van der Waals surface area contributed by atoms with Crippen LogP contribution in [0, 0.1) is 6.92 Å². The Bertz CT molecular complexity index is 1100. The lowest BCUT2D eigenvalue weighted by Gasteiger charge is -2.05. The molecule has 2 heterocycles. The topological polar surface area (TPSA) is 81.4 Å². The highest BCUT2D eigenvalue weighted by Crippen LogP contribution is 2.32. The first-order valence-corrected chi connectivity index (χ1v) is 8.26. The number of nitrogens with zero attached hydrogens (tertiary/aromatic N) is 5. The van der Waals surface area contributed by atoms with E-state index in [0.29, 0.717) is 11.5 Å². The van der Waals surface area contributed by atoms with Crippen molar-refractivity contribution in [3.05, 3.63) is 66.6 Å². The molecule has 0 saturated heterocycles. The summed E-state index contributed by atoms with van der Waals surface area (Å²) in [7, 11) is 1.90. The Balaban J connectivity index is 1.67. The number of fused-ring (bicyclic) bond motifs is 1. The molecule has 26 heavy (non-hydrogen) atoms. The fourth-order valence-corrected chi connectivity index (χ4v) is 2.83. The van der Waals surface area contributed by atoms with E-state index in [1.807, 2.05) is 68.8 Å². The summed E-state index contributed by atoms with van der Waals surface area (Å²) >= 11 is 0. The molecule has 0 bridgehead atoms. The standard InChI is InChI=1S/C20H18N6/c1-13-3-4-15-10-22-20(21)19(18(15)9-13)25-24-17-7-5-14(6-8-17)16-11-23-26(2)12-16/h3-12H,1-2H3,(H2,21,22)/b25-24+. The van der Waals surface area contributed by atoms with Gasteiger partial charge < -0.3 is 5.73 Å². The largest absolute Gasteiger partial charge is 0.382 e. The molecule has 128 valence electrons. The fourth-order valence-electron chi connectivity index (χ4n) is 2.83. The van der Waals surface area contributed by atoms with Gasteiger partial charge in [0.1, 0.15) is 5.69 Å². The van der Waals surface area contributed by atoms with Gasteiger partial charge in [0, 0.05) is 35.8 Å². The maximum Gasteiger partial charge on any atom is 0.151 e. The Morgan fingerprint density at radius 3 is 2.50 bits per heavy atom. The van der Waals surface area contributed by atoms with E-state index in [1.54, 1.807) is 10.9 Å². The molecule has 6 nitrogen and oxygen atoms in total. The van der Waals surface area contributed by atoms with Crippen molar-refractivity contribution in [3.8, 4) is 11.1 Å². The maximum atomic E-state index is 6.03. The lowest BCUT2D eigenvalue weighted by Crippen LogP contribution is -1.91. The van der Waals surface area contributed by atoms with Crippen LogP contribution in [0.2, 0.25) is 0 Å². The average Bonchev–Trinajstić information content (AvgIpc) is 3.08.